The highest BCUT2D eigenvalue weighted by molar-refractivity contribution is 5.98. The number of benzene rings is 1. The van der Waals surface area contributed by atoms with Crippen LogP contribution in [0.15, 0.2) is 24.3 Å². The summed E-state index contributed by atoms with van der Waals surface area (Å²) in [5, 5.41) is 3.35. The average Bonchev–Trinajstić information content (AvgIpc) is 2.39. The molecule has 1 atom stereocenters. The van der Waals surface area contributed by atoms with E-state index in [-0.39, 0.29) is 11.9 Å². The molecule has 2 rings (SSSR count). The normalized spacial score (nSPS) is 20.2. The number of amides is 1. The van der Waals surface area contributed by atoms with Crippen molar-refractivity contribution in [2.45, 2.75) is 39.2 Å². The lowest BCUT2D eigenvalue weighted by Crippen LogP contribution is -2.51. The molecule has 0 spiro atoms. The van der Waals surface area contributed by atoms with Gasteiger partial charge in [0.15, 0.2) is 0 Å². The first kappa shape index (κ1) is 13.1. The van der Waals surface area contributed by atoms with E-state index in [9.17, 15) is 4.79 Å². The fourth-order valence-corrected chi connectivity index (χ4v) is 2.49. The number of carbonyl (C=O) groups excluding carboxylic acids is 1. The third-order valence-corrected chi connectivity index (χ3v) is 3.49. The molecule has 1 aromatic carbocycles. The number of nitrogens with one attached hydrogen (secondary N) is 1. The molecule has 3 heteroatoms. The molecule has 1 unspecified atom stereocenters. The lowest BCUT2D eigenvalue weighted by Gasteiger charge is -2.33. The quantitative estimate of drug-likeness (QED) is 0.885. The van der Waals surface area contributed by atoms with Crippen molar-refractivity contribution < 1.29 is 4.79 Å². The zero-order valence-electron chi connectivity index (χ0n) is 11.3. The van der Waals surface area contributed by atoms with E-state index in [4.69, 9.17) is 0 Å². The van der Waals surface area contributed by atoms with Gasteiger partial charge in [-0.15, -0.1) is 0 Å². The minimum Gasteiger partial charge on any atom is -0.311 e. The minimum absolute atomic E-state index is 0.00157. The van der Waals surface area contributed by atoms with Crippen LogP contribution in [0.25, 0.3) is 0 Å². The van der Waals surface area contributed by atoms with Gasteiger partial charge in [0.25, 0.3) is 0 Å². The Balaban J connectivity index is 2.14. The van der Waals surface area contributed by atoms with Crippen molar-refractivity contribution in [3.63, 3.8) is 0 Å². The summed E-state index contributed by atoms with van der Waals surface area (Å²) >= 11 is 0. The lowest BCUT2D eigenvalue weighted by molar-refractivity contribution is -0.121. The molecule has 0 aromatic heterocycles. The van der Waals surface area contributed by atoms with Gasteiger partial charge in [-0.05, 0) is 44.4 Å². The zero-order chi connectivity index (χ0) is 13.0. The van der Waals surface area contributed by atoms with Gasteiger partial charge in [0.2, 0.25) is 5.91 Å². The van der Waals surface area contributed by atoms with E-state index in [2.05, 4.69) is 25.2 Å². The minimum atomic E-state index is -0.00157. The van der Waals surface area contributed by atoms with Gasteiger partial charge in [0, 0.05) is 12.2 Å². The summed E-state index contributed by atoms with van der Waals surface area (Å²) in [6.07, 6.45) is 3.09. The van der Waals surface area contributed by atoms with Gasteiger partial charge >= 0.3 is 0 Å². The van der Waals surface area contributed by atoms with Crippen molar-refractivity contribution in [1.29, 1.82) is 0 Å². The van der Waals surface area contributed by atoms with Gasteiger partial charge in [-0.3, -0.25) is 4.79 Å². The van der Waals surface area contributed by atoms with Crippen molar-refractivity contribution in [3.8, 4) is 0 Å². The molecule has 1 heterocycles. The third-order valence-electron chi connectivity index (χ3n) is 3.49. The number of anilines is 1. The van der Waals surface area contributed by atoms with E-state index in [1.807, 2.05) is 23.1 Å². The molecule has 1 amide bonds. The molecule has 0 saturated carbocycles. The maximum absolute atomic E-state index is 12.4. The zero-order valence-corrected chi connectivity index (χ0v) is 11.3. The smallest absolute Gasteiger partial charge is 0.244 e. The molecule has 1 fully saturated rings. The van der Waals surface area contributed by atoms with Crippen LogP contribution < -0.4 is 10.2 Å². The molecule has 1 aromatic rings. The lowest BCUT2D eigenvalue weighted by atomic mass is 10.0. The monoisotopic (exact) mass is 246 g/mol. The van der Waals surface area contributed by atoms with E-state index in [0.29, 0.717) is 0 Å². The van der Waals surface area contributed by atoms with E-state index in [1.165, 1.54) is 5.56 Å². The van der Waals surface area contributed by atoms with E-state index < -0.39 is 0 Å². The average molecular weight is 246 g/mol. The number of para-hydroxylation sites is 1. The number of carbonyl (C=O) groups is 1. The highest BCUT2D eigenvalue weighted by Gasteiger charge is 2.29. The van der Waals surface area contributed by atoms with Gasteiger partial charge < -0.3 is 10.2 Å². The predicted molar refractivity (Wildman–Crippen MR) is 74.8 cm³/mol. The van der Waals surface area contributed by atoms with Crippen molar-refractivity contribution in [1.82, 2.24) is 5.32 Å². The second kappa shape index (κ2) is 6.01. The SMILES string of the molecule is CCCNC1CCCN(c2ccccc2C)C1=O. The summed E-state index contributed by atoms with van der Waals surface area (Å²) in [6.45, 7) is 5.94. The molecule has 3 nitrogen and oxygen atoms in total. The first-order valence-corrected chi connectivity index (χ1v) is 6.84. The van der Waals surface area contributed by atoms with Crippen LogP contribution in [0.1, 0.15) is 31.7 Å². The van der Waals surface area contributed by atoms with E-state index in [0.717, 1.165) is 38.0 Å². The largest absolute Gasteiger partial charge is 0.311 e. The first-order valence-electron chi connectivity index (χ1n) is 6.84. The summed E-state index contributed by atoms with van der Waals surface area (Å²) in [6, 6.07) is 8.11. The fraction of sp³-hybridized carbons (Fsp3) is 0.533. The van der Waals surface area contributed by atoms with Crippen LogP contribution in [-0.4, -0.2) is 25.0 Å². The van der Waals surface area contributed by atoms with Crippen LogP contribution >= 0.6 is 0 Å². The maximum Gasteiger partial charge on any atom is 0.244 e. The van der Waals surface area contributed by atoms with Crippen LogP contribution in [0, 0.1) is 6.92 Å². The Kier molecular flexibility index (Phi) is 4.37. The second-order valence-corrected chi connectivity index (χ2v) is 4.93. The van der Waals surface area contributed by atoms with E-state index in [1.54, 1.807) is 0 Å². The molecular weight excluding hydrogens is 224 g/mol. The predicted octanol–water partition coefficient (Wildman–Crippen LogP) is 2.49. The number of hydrogen-bond donors (Lipinski definition) is 1. The molecule has 0 bridgehead atoms. The molecule has 0 radical (unpaired) electrons. The first-order chi connectivity index (χ1) is 8.74. The summed E-state index contributed by atoms with van der Waals surface area (Å²) in [4.78, 5) is 14.4. The Hall–Kier alpha value is -1.35. The maximum atomic E-state index is 12.4. The Bertz CT molecular complexity index is 417. The third kappa shape index (κ3) is 2.72. The van der Waals surface area contributed by atoms with Gasteiger partial charge in [-0.25, -0.2) is 0 Å². The van der Waals surface area contributed by atoms with Gasteiger partial charge in [0.05, 0.1) is 6.04 Å². The molecule has 1 saturated heterocycles. The summed E-state index contributed by atoms with van der Waals surface area (Å²) in [5.74, 6) is 0.226. The Morgan fingerprint density at radius 1 is 1.39 bits per heavy atom. The van der Waals surface area contributed by atoms with Crippen LogP contribution in [0.2, 0.25) is 0 Å². The topological polar surface area (TPSA) is 32.3 Å². The summed E-state index contributed by atoms with van der Waals surface area (Å²) in [5.41, 5.74) is 2.23. The van der Waals surface area contributed by atoms with Crippen molar-refractivity contribution >= 4 is 11.6 Å². The standard InChI is InChI=1S/C15H22N2O/c1-3-10-16-13-8-6-11-17(15(13)18)14-9-5-4-7-12(14)2/h4-5,7,9,13,16H,3,6,8,10-11H2,1-2H3. The number of nitrogens with zero attached hydrogens (tertiary/aromatic N) is 1. The van der Waals surface area contributed by atoms with Gasteiger partial charge in [-0.2, -0.15) is 0 Å². The number of aryl methyl sites for hydroxylation is 1. The molecular formula is C15H22N2O. The van der Waals surface area contributed by atoms with Crippen LogP contribution in [0.3, 0.4) is 0 Å². The van der Waals surface area contributed by atoms with Crippen molar-refractivity contribution in [3.05, 3.63) is 29.8 Å². The molecule has 1 aliphatic heterocycles. The highest BCUT2D eigenvalue weighted by Crippen LogP contribution is 2.24. The molecule has 1 N–H and O–H groups in total. The van der Waals surface area contributed by atoms with Gasteiger partial charge in [-0.1, -0.05) is 25.1 Å². The molecule has 1 aliphatic rings. The number of hydrogen-bond acceptors (Lipinski definition) is 2. The van der Waals surface area contributed by atoms with Crippen molar-refractivity contribution in [2.24, 2.45) is 0 Å². The Morgan fingerprint density at radius 2 is 2.17 bits per heavy atom. The highest BCUT2D eigenvalue weighted by atomic mass is 16.2. The number of piperidine rings is 1. The summed E-state index contributed by atoms with van der Waals surface area (Å²) < 4.78 is 0. The van der Waals surface area contributed by atoms with E-state index >= 15 is 0 Å². The van der Waals surface area contributed by atoms with Crippen LogP contribution in [-0.2, 0) is 4.79 Å². The van der Waals surface area contributed by atoms with Gasteiger partial charge in [0.1, 0.15) is 0 Å². The molecule has 18 heavy (non-hydrogen) atoms. The van der Waals surface area contributed by atoms with Crippen molar-refractivity contribution in [2.75, 3.05) is 18.0 Å². The molecule has 0 aliphatic carbocycles. The number of rotatable bonds is 4. The van der Waals surface area contributed by atoms with Crippen LogP contribution in [0.5, 0.6) is 0 Å². The fourth-order valence-electron chi connectivity index (χ4n) is 2.49. The Labute approximate surface area is 109 Å². The molecule has 98 valence electrons. The summed E-state index contributed by atoms with van der Waals surface area (Å²) in [7, 11) is 0. The second-order valence-electron chi connectivity index (χ2n) is 4.93. The van der Waals surface area contributed by atoms with Crippen LogP contribution in [0.4, 0.5) is 5.69 Å². The Morgan fingerprint density at radius 3 is 2.89 bits per heavy atom.